The van der Waals surface area contributed by atoms with Crippen LogP contribution in [0.2, 0.25) is 0 Å². The van der Waals surface area contributed by atoms with Crippen molar-refractivity contribution in [1.82, 2.24) is 9.21 Å². The minimum absolute atomic E-state index is 0.00372. The van der Waals surface area contributed by atoms with E-state index in [-0.39, 0.29) is 11.9 Å². The lowest BCUT2D eigenvalue weighted by molar-refractivity contribution is -0.123. The Morgan fingerprint density at radius 2 is 1.60 bits per heavy atom. The van der Waals surface area contributed by atoms with E-state index in [1.807, 2.05) is 49.4 Å². The van der Waals surface area contributed by atoms with Gasteiger partial charge in [0.05, 0.1) is 10.9 Å². The van der Waals surface area contributed by atoms with E-state index >= 15 is 0 Å². The normalized spacial score (nSPS) is 16.9. The summed E-state index contributed by atoms with van der Waals surface area (Å²) in [5.41, 5.74) is 2.00. The number of sulfonamides is 1. The molecule has 0 radical (unpaired) electrons. The van der Waals surface area contributed by atoms with Crippen LogP contribution in [-0.4, -0.2) is 62.8 Å². The molecule has 162 valence electrons. The van der Waals surface area contributed by atoms with Gasteiger partial charge in [0.15, 0.2) is 0 Å². The van der Waals surface area contributed by atoms with Gasteiger partial charge in [0.1, 0.15) is 0 Å². The van der Waals surface area contributed by atoms with Crippen molar-refractivity contribution in [2.75, 3.05) is 38.1 Å². The van der Waals surface area contributed by atoms with Gasteiger partial charge < -0.3 is 4.90 Å². The number of carbonyl (C=O) groups excluding carboxylic acids is 1. The molecule has 1 amide bonds. The highest BCUT2D eigenvalue weighted by Gasteiger charge is 2.32. The van der Waals surface area contributed by atoms with Crippen LogP contribution in [-0.2, 0) is 21.2 Å². The maximum absolute atomic E-state index is 13.0. The zero-order valence-corrected chi connectivity index (χ0v) is 18.8. The molecule has 1 aliphatic rings. The van der Waals surface area contributed by atoms with Gasteiger partial charge in [-0.3, -0.25) is 9.69 Å². The fourth-order valence-electron chi connectivity index (χ4n) is 3.81. The van der Waals surface area contributed by atoms with Crippen molar-refractivity contribution >= 4 is 21.6 Å². The molecule has 0 bridgehead atoms. The number of hydrogen-bond acceptors (Lipinski definition) is 4. The molecule has 0 N–H and O–H groups in total. The summed E-state index contributed by atoms with van der Waals surface area (Å²) < 4.78 is 27.5. The summed E-state index contributed by atoms with van der Waals surface area (Å²) in [5.74, 6) is 0.00372. The molecule has 6 nitrogen and oxygen atoms in total. The Balaban J connectivity index is 1.61. The quantitative estimate of drug-likeness (QED) is 0.679. The standard InChI is InChI=1S/C23H31N3O3S/c1-4-8-20-11-13-22(14-12-20)30(28,29)26-17-15-25(16-18-26)19(2)23(27)24(3)21-9-6-5-7-10-21/h5-7,9-14,19H,4,8,15-18H2,1-3H3. The lowest BCUT2D eigenvalue weighted by Crippen LogP contribution is -2.55. The van der Waals surface area contributed by atoms with E-state index in [1.54, 1.807) is 24.1 Å². The number of amides is 1. The molecule has 1 saturated heterocycles. The number of aryl methyl sites for hydroxylation is 1. The largest absolute Gasteiger partial charge is 0.314 e. The predicted octanol–water partition coefficient (Wildman–Crippen LogP) is 3.00. The van der Waals surface area contributed by atoms with Crippen molar-refractivity contribution in [3.8, 4) is 0 Å². The van der Waals surface area contributed by atoms with E-state index < -0.39 is 10.0 Å². The van der Waals surface area contributed by atoms with E-state index in [0.29, 0.717) is 31.1 Å². The average molecular weight is 430 g/mol. The third kappa shape index (κ3) is 4.91. The monoisotopic (exact) mass is 429 g/mol. The second-order valence-corrected chi connectivity index (χ2v) is 9.68. The van der Waals surface area contributed by atoms with Crippen molar-refractivity contribution in [3.05, 3.63) is 60.2 Å². The van der Waals surface area contributed by atoms with Gasteiger partial charge in [0.2, 0.25) is 15.9 Å². The molecule has 7 heteroatoms. The maximum atomic E-state index is 13.0. The van der Waals surface area contributed by atoms with Crippen LogP contribution in [0.4, 0.5) is 5.69 Å². The first-order chi connectivity index (χ1) is 14.3. The Hall–Kier alpha value is -2.22. The van der Waals surface area contributed by atoms with Crippen LogP contribution < -0.4 is 4.90 Å². The lowest BCUT2D eigenvalue weighted by atomic mass is 10.1. The van der Waals surface area contributed by atoms with E-state index in [0.717, 1.165) is 24.1 Å². The van der Waals surface area contributed by atoms with E-state index in [4.69, 9.17) is 0 Å². The van der Waals surface area contributed by atoms with Crippen molar-refractivity contribution < 1.29 is 13.2 Å². The summed E-state index contributed by atoms with van der Waals surface area (Å²) in [6.45, 7) is 5.81. The summed E-state index contributed by atoms with van der Waals surface area (Å²) in [4.78, 5) is 16.9. The zero-order chi connectivity index (χ0) is 21.7. The molecule has 1 atom stereocenters. The molecular weight excluding hydrogens is 398 g/mol. The number of para-hydroxylation sites is 1. The molecule has 0 aromatic heterocycles. The van der Waals surface area contributed by atoms with Crippen molar-refractivity contribution in [1.29, 1.82) is 0 Å². The van der Waals surface area contributed by atoms with Gasteiger partial charge in [-0.05, 0) is 43.2 Å². The highest BCUT2D eigenvalue weighted by Crippen LogP contribution is 2.21. The first-order valence-electron chi connectivity index (χ1n) is 10.5. The number of piperazine rings is 1. The molecule has 2 aromatic rings. The van der Waals surface area contributed by atoms with Gasteiger partial charge in [-0.15, -0.1) is 0 Å². The number of rotatable bonds is 7. The van der Waals surface area contributed by atoms with Crippen LogP contribution in [0.15, 0.2) is 59.5 Å². The van der Waals surface area contributed by atoms with E-state index in [1.165, 1.54) is 4.31 Å². The van der Waals surface area contributed by atoms with Gasteiger partial charge in [-0.2, -0.15) is 4.31 Å². The van der Waals surface area contributed by atoms with Crippen molar-refractivity contribution in [2.24, 2.45) is 0 Å². The Morgan fingerprint density at radius 1 is 1.00 bits per heavy atom. The molecular formula is C23H31N3O3S. The number of carbonyl (C=O) groups is 1. The summed E-state index contributed by atoms with van der Waals surface area (Å²) in [6, 6.07) is 16.4. The molecule has 0 aliphatic carbocycles. The maximum Gasteiger partial charge on any atom is 0.243 e. The van der Waals surface area contributed by atoms with E-state index in [2.05, 4.69) is 11.8 Å². The molecule has 1 fully saturated rings. The second-order valence-electron chi connectivity index (χ2n) is 7.74. The summed E-state index contributed by atoms with van der Waals surface area (Å²) in [6.07, 6.45) is 1.98. The van der Waals surface area contributed by atoms with Crippen LogP contribution in [0, 0.1) is 0 Å². The van der Waals surface area contributed by atoms with Gasteiger partial charge in [-0.1, -0.05) is 43.7 Å². The minimum atomic E-state index is -3.51. The Morgan fingerprint density at radius 3 is 2.17 bits per heavy atom. The molecule has 2 aromatic carbocycles. The summed E-state index contributed by atoms with van der Waals surface area (Å²) in [5, 5.41) is 0. The number of hydrogen-bond donors (Lipinski definition) is 0. The van der Waals surface area contributed by atoms with Crippen LogP contribution >= 0.6 is 0 Å². The van der Waals surface area contributed by atoms with Crippen LogP contribution in [0.3, 0.4) is 0 Å². The number of nitrogens with zero attached hydrogens (tertiary/aromatic N) is 3. The average Bonchev–Trinajstić information content (AvgIpc) is 2.79. The third-order valence-corrected chi connectivity index (χ3v) is 7.67. The topological polar surface area (TPSA) is 60.9 Å². The first-order valence-corrected chi connectivity index (χ1v) is 11.9. The predicted molar refractivity (Wildman–Crippen MR) is 120 cm³/mol. The SMILES string of the molecule is CCCc1ccc(S(=O)(=O)N2CCN(C(C)C(=O)N(C)c3ccccc3)CC2)cc1. The zero-order valence-electron chi connectivity index (χ0n) is 18.0. The van der Waals surface area contributed by atoms with Crippen LogP contribution in [0.1, 0.15) is 25.8 Å². The fourth-order valence-corrected chi connectivity index (χ4v) is 5.23. The van der Waals surface area contributed by atoms with Crippen LogP contribution in [0.5, 0.6) is 0 Å². The molecule has 1 aliphatic heterocycles. The van der Waals surface area contributed by atoms with Gasteiger partial charge >= 0.3 is 0 Å². The summed E-state index contributed by atoms with van der Waals surface area (Å²) >= 11 is 0. The minimum Gasteiger partial charge on any atom is -0.314 e. The van der Waals surface area contributed by atoms with Crippen LogP contribution in [0.25, 0.3) is 0 Å². The van der Waals surface area contributed by atoms with Crippen molar-refractivity contribution in [3.63, 3.8) is 0 Å². The van der Waals surface area contributed by atoms with E-state index in [9.17, 15) is 13.2 Å². The Kier molecular flexibility index (Phi) is 7.28. The highest BCUT2D eigenvalue weighted by atomic mass is 32.2. The lowest BCUT2D eigenvalue weighted by Gasteiger charge is -2.37. The van der Waals surface area contributed by atoms with Gasteiger partial charge in [0, 0.05) is 38.9 Å². The molecule has 1 heterocycles. The molecule has 0 saturated carbocycles. The number of benzene rings is 2. The fraction of sp³-hybridized carbons (Fsp3) is 0.435. The highest BCUT2D eigenvalue weighted by molar-refractivity contribution is 7.89. The third-order valence-electron chi connectivity index (χ3n) is 5.75. The Bertz CT molecular complexity index is 937. The first kappa shape index (κ1) is 22.5. The number of anilines is 1. The Labute approximate surface area is 180 Å². The summed E-state index contributed by atoms with van der Waals surface area (Å²) in [7, 11) is -1.74. The number of likely N-dealkylation sites (N-methyl/N-ethyl adjacent to an activating group) is 1. The van der Waals surface area contributed by atoms with Gasteiger partial charge in [-0.25, -0.2) is 8.42 Å². The van der Waals surface area contributed by atoms with Crippen molar-refractivity contribution in [2.45, 2.75) is 37.6 Å². The molecule has 3 rings (SSSR count). The second kappa shape index (κ2) is 9.73. The smallest absolute Gasteiger partial charge is 0.243 e. The molecule has 1 unspecified atom stereocenters. The van der Waals surface area contributed by atoms with Gasteiger partial charge in [0.25, 0.3) is 0 Å². The molecule has 0 spiro atoms. The molecule has 30 heavy (non-hydrogen) atoms.